The molecule has 1 aliphatic heterocycles. The molecule has 2 rings (SSSR count). The summed E-state index contributed by atoms with van der Waals surface area (Å²) in [5.74, 6) is 0.969. The largest absolute Gasteiger partial charge is 0.371 e. The van der Waals surface area contributed by atoms with Crippen molar-refractivity contribution >= 4 is 21.7 Å². The van der Waals surface area contributed by atoms with Gasteiger partial charge in [0, 0.05) is 37.4 Å². The Bertz CT molecular complexity index is 503. The summed E-state index contributed by atoms with van der Waals surface area (Å²) < 4.78 is 7.54. The Morgan fingerprint density at radius 1 is 1.50 bits per heavy atom. The fourth-order valence-corrected chi connectivity index (χ4v) is 2.85. The predicted octanol–water partition coefficient (Wildman–Crippen LogP) is 1.89. The standard InChI is InChI=1S/C14H22BrN3O2/c1-10(2)7-17-5-4-16-13(14(17)19)18-8-11(3)20-12(6-15)9-18/h4-5,10-12H,6-9H2,1-3H3. The normalized spacial score (nSPS) is 23.4. The monoisotopic (exact) mass is 343 g/mol. The summed E-state index contributed by atoms with van der Waals surface area (Å²) >= 11 is 3.45. The maximum absolute atomic E-state index is 12.5. The molecule has 0 aliphatic carbocycles. The van der Waals surface area contributed by atoms with Gasteiger partial charge in [-0.3, -0.25) is 4.79 Å². The van der Waals surface area contributed by atoms with Crippen molar-refractivity contribution in [2.24, 2.45) is 5.92 Å². The molecule has 2 atom stereocenters. The third-order valence-electron chi connectivity index (χ3n) is 3.26. The lowest BCUT2D eigenvalue weighted by atomic mass is 10.2. The number of anilines is 1. The zero-order valence-electron chi connectivity index (χ0n) is 12.3. The van der Waals surface area contributed by atoms with Crippen LogP contribution in [0.5, 0.6) is 0 Å². The highest BCUT2D eigenvalue weighted by molar-refractivity contribution is 9.09. The fourth-order valence-electron chi connectivity index (χ4n) is 2.49. The van der Waals surface area contributed by atoms with Gasteiger partial charge in [0.1, 0.15) is 0 Å². The van der Waals surface area contributed by atoms with E-state index >= 15 is 0 Å². The van der Waals surface area contributed by atoms with Gasteiger partial charge in [-0.25, -0.2) is 4.98 Å². The van der Waals surface area contributed by atoms with Crippen LogP contribution in [0.3, 0.4) is 0 Å². The predicted molar refractivity (Wildman–Crippen MR) is 83.7 cm³/mol. The van der Waals surface area contributed by atoms with Crippen molar-refractivity contribution in [3.63, 3.8) is 0 Å². The summed E-state index contributed by atoms with van der Waals surface area (Å²) in [6.45, 7) is 8.35. The number of nitrogens with zero attached hydrogens (tertiary/aromatic N) is 3. The molecule has 0 amide bonds. The van der Waals surface area contributed by atoms with Gasteiger partial charge < -0.3 is 14.2 Å². The van der Waals surface area contributed by atoms with E-state index in [-0.39, 0.29) is 17.8 Å². The number of hydrogen-bond donors (Lipinski definition) is 0. The van der Waals surface area contributed by atoms with Crippen LogP contribution in [0.4, 0.5) is 5.82 Å². The number of ether oxygens (including phenoxy) is 1. The second kappa shape index (κ2) is 6.72. The lowest BCUT2D eigenvalue weighted by Crippen LogP contribution is -2.49. The van der Waals surface area contributed by atoms with Gasteiger partial charge in [-0.2, -0.15) is 0 Å². The van der Waals surface area contributed by atoms with Gasteiger partial charge in [-0.15, -0.1) is 0 Å². The average molecular weight is 344 g/mol. The average Bonchev–Trinajstić information content (AvgIpc) is 2.40. The van der Waals surface area contributed by atoms with Crippen molar-refractivity contribution in [1.82, 2.24) is 9.55 Å². The smallest absolute Gasteiger partial charge is 0.293 e. The Kier molecular flexibility index (Phi) is 5.21. The van der Waals surface area contributed by atoms with Gasteiger partial charge in [-0.1, -0.05) is 29.8 Å². The Hall–Kier alpha value is -0.880. The molecule has 1 fully saturated rings. The molecule has 1 aromatic heterocycles. The van der Waals surface area contributed by atoms with Crippen molar-refractivity contribution in [3.05, 3.63) is 22.7 Å². The Morgan fingerprint density at radius 2 is 2.25 bits per heavy atom. The highest BCUT2D eigenvalue weighted by Gasteiger charge is 2.27. The minimum atomic E-state index is -0.0105. The number of aromatic nitrogens is 2. The van der Waals surface area contributed by atoms with Gasteiger partial charge in [0.05, 0.1) is 12.2 Å². The molecule has 1 aromatic rings. The van der Waals surface area contributed by atoms with Crippen molar-refractivity contribution in [3.8, 4) is 0 Å². The summed E-state index contributed by atoms with van der Waals surface area (Å²) in [5, 5.41) is 0.765. The van der Waals surface area contributed by atoms with E-state index in [9.17, 15) is 4.79 Å². The second-order valence-corrected chi connectivity index (χ2v) is 6.38. The summed E-state index contributed by atoms with van der Waals surface area (Å²) in [4.78, 5) is 18.8. The third kappa shape index (κ3) is 3.61. The lowest BCUT2D eigenvalue weighted by Gasteiger charge is -2.36. The molecule has 1 saturated heterocycles. The number of morpholine rings is 1. The molecule has 5 nitrogen and oxygen atoms in total. The van der Waals surface area contributed by atoms with Crippen LogP contribution >= 0.6 is 15.9 Å². The van der Waals surface area contributed by atoms with Crippen LogP contribution < -0.4 is 10.5 Å². The Morgan fingerprint density at radius 3 is 2.90 bits per heavy atom. The summed E-state index contributed by atoms with van der Waals surface area (Å²) in [6.07, 6.45) is 3.67. The number of alkyl halides is 1. The lowest BCUT2D eigenvalue weighted by molar-refractivity contribution is -0.00234. The first-order valence-electron chi connectivity index (χ1n) is 7.03. The van der Waals surface area contributed by atoms with Gasteiger partial charge in [-0.05, 0) is 12.8 Å². The van der Waals surface area contributed by atoms with Crippen molar-refractivity contribution < 1.29 is 4.74 Å². The zero-order valence-corrected chi connectivity index (χ0v) is 13.8. The highest BCUT2D eigenvalue weighted by Crippen LogP contribution is 2.16. The van der Waals surface area contributed by atoms with Crippen LogP contribution in [-0.4, -0.2) is 40.2 Å². The molecule has 2 heterocycles. The molecule has 0 saturated carbocycles. The molecule has 0 bridgehead atoms. The van der Waals surface area contributed by atoms with Crippen LogP contribution in [-0.2, 0) is 11.3 Å². The van der Waals surface area contributed by atoms with Crippen LogP contribution in [0.25, 0.3) is 0 Å². The summed E-state index contributed by atoms with van der Waals surface area (Å²) in [5.41, 5.74) is -0.0105. The van der Waals surface area contributed by atoms with Crippen molar-refractivity contribution in [2.75, 3.05) is 23.3 Å². The third-order valence-corrected chi connectivity index (χ3v) is 3.98. The van der Waals surface area contributed by atoms with Gasteiger partial charge >= 0.3 is 0 Å². The molecule has 0 spiro atoms. The molecule has 1 aliphatic rings. The van der Waals surface area contributed by atoms with Crippen molar-refractivity contribution in [2.45, 2.75) is 39.5 Å². The molecule has 0 aromatic carbocycles. The molecule has 112 valence electrons. The van der Waals surface area contributed by atoms with Gasteiger partial charge in [0.25, 0.3) is 5.56 Å². The second-order valence-electron chi connectivity index (χ2n) is 5.73. The van der Waals surface area contributed by atoms with Crippen LogP contribution in [0, 0.1) is 5.92 Å². The van der Waals surface area contributed by atoms with Gasteiger partial charge in [0.15, 0.2) is 5.82 Å². The molecule has 6 heteroatoms. The number of hydrogen-bond acceptors (Lipinski definition) is 4. The molecule has 2 unspecified atom stereocenters. The fraction of sp³-hybridized carbons (Fsp3) is 0.714. The van der Waals surface area contributed by atoms with E-state index in [0.717, 1.165) is 11.9 Å². The van der Waals surface area contributed by atoms with E-state index in [2.05, 4.69) is 34.8 Å². The maximum Gasteiger partial charge on any atom is 0.293 e. The summed E-state index contributed by atoms with van der Waals surface area (Å²) in [6, 6.07) is 0. The van der Waals surface area contributed by atoms with E-state index in [1.807, 2.05) is 11.8 Å². The van der Waals surface area contributed by atoms with Crippen molar-refractivity contribution in [1.29, 1.82) is 0 Å². The Labute approximate surface area is 128 Å². The van der Waals surface area contributed by atoms with E-state index in [4.69, 9.17) is 4.74 Å². The zero-order chi connectivity index (χ0) is 14.7. The first kappa shape index (κ1) is 15.5. The van der Waals surface area contributed by atoms with Crippen LogP contribution in [0.2, 0.25) is 0 Å². The Balaban J connectivity index is 2.26. The number of halogens is 1. The molecular formula is C14H22BrN3O2. The first-order chi connectivity index (χ1) is 9.51. The topological polar surface area (TPSA) is 47.4 Å². The quantitative estimate of drug-likeness (QED) is 0.783. The SMILES string of the molecule is CC(C)Cn1ccnc(N2CC(C)OC(CBr)C2)c1=O. The minimum Gasteiger partial charge on any atom is -0.371 e. The molecule has 20 heavy (non-hydrogen) atoms. The number of rotatable bonds is 4. The van der Waals surface area contributed by atoms with Gasteiger partial charge in [0.2, 0.25) is 0 Å². The maximum atomic E-state index is 12.5. The summed E-state index contributed by atoms with van der Waals surface area (Å²) in [7, 11) is 0. The van der Waals surface area contributed by atoms with E-state index in [0.29, 0.717) is 24.8 Å². The van der Waals surface area contributed by atoms with E-state index < -0.39 is 0 Å². The van der Waals surface area contributed by atoms with Crippen LogP contribution in [0.15, 0.2) is 17.2 Å². The highest BCUT2D eigenvalue weighted by atomic mass is 79.9. The van der Waals surface area contributed by atoms with E-state index in [1.54, 1.807) is 17.0 Å². The molecule has 0 N–H and O–H groups in total. The first-order valence-corrected chi connectivity index (χ1v) is 8.15. The van der Waals surface area contributed by atoms with Crippen LogP contribution in [0.1, 0.15) is 20.8 Å². The minimum absolute atomic E-state index is 0.0105. The molecular weight excluding hydrogens is 322 g/mol. The molecule has 0 radical (unpaired) electrons. The van der Waals surface area contributed by atoms with E-state index in [1.165, 1.54) is 0 Å².